The van der Waals surface area contributed by atoms with Crippen LogP contribution in [0, 0.1) is 12.8 Å². The second-order valence-electron chi connectivity index (χ2n) is 6.01. The van der Waals surface area contributed by atoms with Crippen molar-refractivity contribution in [2.75, 3.05) is 11.9 Å². The maximum Gasteiger partial charge on any atom is 0.183 e. The van der Waals surface area contributed by atoms with Crippen LogP contribution in [0.3, 0.4) is 0 Å². The van der Waals surface area contributed by atoms with E-state index in [1.165, 1.54) is 18.4 Å². The molecule has 0 saturated heterocycles. The monoisotopic (exact) mass is 325 g/mol. The molecule has 1 aliphatic rings. The Bertz CT molecular complexity index is 788. The minimum absolute atomic E-state index is 0.757. The summed E-state index contributed by atoms with van der Waals surface area (Å²) in [6.45, 7) is 3.85. The summed E-state index contributed by atoms with van der Waals surface area (Å²) in [5.41, 5.74) is 3.23. The molecule has 0 amide bonds. The summed E-state index contributed by atoms with van der Waals surface area (Å²) in [6, 6.07) is 6.09. The molecule has 1 saturated carbocycles. The molecule has 0 unspecified atom stereocenters. The molecule has 0 atom stereocenters. The highest BCUT2D eigenvalue weighted by Gasteiger charge is 2.21. The summed E-state index contributed by atoms with van der Waals surface area (Å²) < 4.78 is 1.96. The van der Waals surface area contributed by atoms with Crippen LogP contribution in [0.25, 0.3) is 10.6 Å². The SMILES string of the molecule is Cc1nc(NCC2CC2)sc1-c1ccn(Cc2ccncc2)n1. The molecule has 118 valence electrons. The van der Waals surface area contributed by atoms with Crippen LogP contribution in [0.15, 0.2) is 36.8 Å². The first-order chi connectivity index (χ1) is 11.3. The van der Waals surface area contributed by atoms with Gasteiger partial charge in [0.15, 0.2) is 5.13 Å². The van der Waals surface area contributed by atoms with E-state index in [1.54, 1.807) is 11.3 Å². The van der Waals surface area contributed by atoms with Crippen molar-refractivity contribution in [3.63, 3.8) is 0 Å². The van der Waals surface area contributed by atoms with Gasteiger partial charge < -0.3 is 5.32 Å². The van der Waals surface area contributed by atoms with Crippen molar-refractivity contribution in [2.24, 2.45) is 5.92 Å². The zero-order chi connectivity index (χ0) is 15.6. The number of anilines is 1. The fourth-order valence-electron chi connectivity index (χ4n) is 2.51. The van der Waals surface area contributed by atoms with E-state index in [4.69, 9.17) is 5.10 Å². The third-order valence-electron chi connectivity index (χ3n) is 4.00. The second-order valence-corrected chi connectivity index (χ2v) is 7.01. The molecular weight excluding hydrogens is 306 g/mol. The zero-order valence-electron chi connectivity index (χ0n) is 13.1. The van der Waals surface area contributed by atoms with Crippen molar-refractivity contribution < 1.29 is 0 Å². The van der Waals surface area contributed by atoms with Crippen LogP contribution in [0.4, 0.5) is 5.13 Å². The van der Waals surface area contributed by atoms with Crippen LogP contribution in [-0.2, 0) is 6.54 Å². The van der Waals surface area contributed by atoms with Crippen LogP contribution in [-0.4, -0.2) is 26.3 Å². The van der Waals surface area contributed by atoms with Gasteiger partial charge in [0.2, 0.25) is 0 Å². The molecule has 1 aliphatic carbocycles. The lowest BCUT2D eigenvalue weighted by Gasteiger charge is -2.00. The summed E-state index contributed by atoms with van der Waals surface area (Å²) in [5, 5.41) is 9.15. The Labute approximate surface area is 139 Å². The van der Waals surface area contributed by atoms with E-state index in [-0.39, 0.29) is 0 Å². The normalized spacial score (nSPS) is 14.1. The molecule has 1 N–H and O–H groups in total. The highest BCUT2D eigenvalue weighted by molar-refractivity contribution is 7.19. The largest absolute Gasteiger partial charge is 0.361 e. The fourth-order valence-corrected chi connectivity index (χ4v) is 3.45. The second kappa shape index (κ2) is 6.12. The molecular formula is C17H19N5S. The Balaban J connectivity index is 1.49. The number of aromatic nitrogens is 4. The minimum Gasteiger partial charge on any atom is -0.361 e. The van der Waals surface area contributed by atoms with E-state index in [9.17, 15) is 0 Å². The summed E-state index contributed by atoms with van der Waals surface area (Å²) in [6.07, 6.45) is 8.34. The molecule has 0 spiro atoms. The highest BCUT2D eigenvalue weighted by atomic mass is 32.1. The quantitative estimate of drug-likeness (QED) is 0.752. The molecule has 0 aromatic carbocycles. The number of thiazole rings is 1. The fraction of sp³-hybridized carbons (Fsp3) is 0.353. The lowest BCUT2D eigenvalue weighted by atomic mass is 10.3. The van der Waals surface area contributed by atoms with Gasteiger partial charge in [0, 0.05) is 25.1 Å². The number of hydrogen-bond acceptors (Lipinski definition) is 5. The molecule has 0 radical (unpaired) electrons. The smallest absolute Gasteiger partial charge is 0.183 e. The Morgan fingerprint density at radius 2 is 2.09 bits per heavy atom. The Hall–Kier alpha value is -2.21. The van der Waals surface area contributed by atoms with Crippen LogP contribution in [0.1, 0.15) is 24.1 Å². The van der Waals surface area contributed by atoms with Gasteiger partial charge in [-0.3, -0.25) is 9.67 Å². The molecule has 23 heavy (non-hydrogen) atoms. The summed E-state index contributed by atoms with van der Waals surface area (Å²) in [4.78, 5) is 9.82. The standard InChI is InChI=1S/C17H19N5S/c1-12-16(23-17(20-12)19-10-13-2-3-13)15-6-9-22(21-15)11-14-4-7-18-8-5-14/h4-9,13H,2-3,10-11H2,1H3,(H,19,20). The Morgan fingerprint density at radius 1 is 1.26 bits per heavy atom. The van der Waals surface area contributed by atoms with Crippen molar-refractivity contribution in [3.05, 3.63) is 48.0 Å². The highest BCUT2D eigenvalue weighted by Crippen LogP contribution is 2.33. The van der Waals surface area contributed by atoms with Crippen molar-refractivity contribution in [2.45, 2.75) is 26.3 Å². The first-order valence-corrected chi connectivity index (χ1v) is 8.73. The number of pyridine rings is 1. The van der Waals surface area contributed by atoms with Crippen LogP contribution in [0.5, 0.6) is 0 Å². The molecule has 1 fully saturated rings. The van der Waals surface area contributed by atoms with E-state index < -0.39 is 0 Å². The summed E-state index contributed by atoms with van der Waals surface area (Å²) in [7, 11) is 0. The van der Waals surface area contributed by atoms with E-state index in [0.29, 0.717) is 0 Å². The summed E-state index contributed by atoms with van der Waals surface area (Å²) >= 11 is 1.69. The van der Waals surface area contributed by atoms with Crippen molar-refractivity contribution in [1.29, 1.82) is 0 Å². The lowest BCUT2D eigenvalue weighted by Crippen LogP contribution is -2.02. The van der Waals surface area contributed by atoms with Crippen molar-refractivity contribution >= 4 is 16.5 Å². The first-order valence-electron chi connectivity index (χ1n) is 7.92. The van der Waals surface area contributed by atoms with Crippen LogP contribution in [0.2, 0.25) is 0 Å². The predicted octanol–water partition coefficient (Wildman–Crippen LogP) is 3.58. The molecule has 4 rings (SSSR count). The molecule has 3 aromatic rings. The van der Waals surface area contributed by atoms with Gasteiger partial charge in [0.05, 0.1) is 17.1 Å². The lowest BCUT2D eigenvalue weighted by molar-refractivity contribution is 0.689. The van der Waals surface area contributed by atoms with Crippen molar-refractivity contribution in [3.8, 4) is 10.6 Å². The predicted molar refractivity (Wildman–Crippen MR) is 92.6 cm³/mol. The van der Waals surface area contributed by atoms with Gasteiger partial charge in [-0.15, -0.1) is 0 Å². The Kier molecular flexibility index (Phi) is 3.83. The van der Waals surface area contributed by atoms with Gasteiger partial charge in [0.25, 0.3) is 0 Å². The molecule has 5 nitrogen and oxygen atoms in total. The van der Waals surface area contributed by atoms with Gasteiger partial charge in [0.1, 0.15) is 5.69 Å². The minimum atomic E-state index is 0.757. The van der Waals surface area contributed by atoms with Crippen LogP contribution < -0.4 is 5.32 Å². The maximum absolute atomic E-state index is 4.70. The van der Waals surface area contributed by atoms with E-state index >= 15 is 0 Å². The molecule has 0 bridgehead atoms. The third kappa shape index (κ3) is 3.42. The average molecular weight is 325 g/mol. The maximum atomic E-state index is 4.70. The molecule has 3 heterocycles. The number of hydrogen-bond donors (Lipinski definition) is 1. The van der Waals surface area contributed by atoms with Gasteiger partial charge in [-0.25, -0.2) is 4.98 Å². The zero-order valence-corrected chi connectivity index (χ0v) is 13.9. The average Bonchev–Trinajstić information content (AvgIpc) is 3.16. The number of rotatable bonds is 6. The van der Waals surface area contributed by atoms with Crippen molar-refractivity contribution in [1.82, 2.24) is 19.7 Å². The van der Waals surface area contributed by atoms with E-state index in [1.807, 2.05) is 35.4 Å². The van der Waals surface area contributed by atoms with Gasteiger partial charge in [-0.1, -0.05) is 11.3 Å². The molecule has 6 heteroatoms. The van der Waals surface area contributed by atoms with Gasteiger partial charge in [-0.05, 0) is 49.4 Å². The number of nitrogens with zero attached hydrogens (tertiary/aromatic N) is 4. The molecule has 0 aliphatic heterocycles. The summed E-state index contributed by atoms with van der Waals surface area (Å²) in [5.74, 6) is 0.849. The number of nitrogens with one attached hydrogen (secondary N) is 1. The van der Waals surface area contributed by atoms with E-state index in [2.05, 4.69) is 28.3 Å². The van der Waals surface area contributed by atoms with Crippen LogP contribution >= 0.6 is 11.3 Å². The molecule has 3 aromatic heterocycles. The van der Waals surface area contributed by atoms with Gasteiger partial charge >= 0.3 is 0 Å². The topological polar surface area (TPSA) is 55.6 Å². The Morgan fingerprint density at radius 3 is 2.87 bits per heavy atom. The van der Waals surface area contributed by atoms with Gasteiger partial charge in [-0.2, -0.15) is 5.10 Å². The third-order valence-corrected chi connectivity index (χ3v) is 5.14. The number of aryl methyl sites for hydroxylation is 1. The first kappa shape index (κ1) is 14.4. The van der Waals surface area contributed by atoms with E-state index in [0.717, 1.165) is 40.4 Å².